The van der Waals surface area contributed by atoms with Crippen molar-refractivity contribution in [2.45, 2.75) is 6.42 Å². The van der Waals surface area contributed by atoms with Crippen molar-refractivity contribution in [3.05, 3.63) is 11.3 Å². The Labute approximate surface area is 62.8 Å². The Bertz CT molecular complexity index is 267. The Hall–Kier alpha value is -1.65. The van der Waals surface area contributed by atoms with E-state index in [1.165, 1.54) is 0 Å². The Kier molecular flexibility index (Phi) is 1.72. The molecule has 0 saturated carbocycles. The van der Waals surface area contributed by atoms with Crippen LogP contribution in [0, 0.1) is 5.41 Å². The van der Waals surface area contributed by atoms with Gasteiger partial charge in [-0.25, -0.2) is 0 Å². The van der Waals surface area contributed by atoms with Crippen LogP contribution >= 0.6 is 0 Å². The minimum absolute atomic E-state index is 0.0150. The number of hydrogen-bond donors (Lipinski definition) is 3. The Balaban J connectivity index is 3.03. The van der Waals surface area contributed by atoms with E-state index in [-0.39, 0.29) is 17.7 Å². The Morgan fingerprint density at radius 3 is 2.73 bits per heavy atom. The van der Waals surface area contributed by atoms with Crippen LogP contribution in [-0.2, 0) is 9.59 Å². The number of carbonyl (C=O) groups excluding carboxylic acids is 2. The molecule has 0 fully saturated rings. The smallest absolute Gasteiger partial charge is 0.274 e. The van der Waals surface area contributed by atoms with E-state index in [0.29, 0.717) is 0 Å². The highest BCUT2D eigenvalue weighted by atomic mass is 16.2. The van der Waals surface area contributed by atoms with E-state index in [2.05, 4.69) is 0 Å². The molecule has 0 atom stereocenters. The summed E-state index contributed by atoms with van der Waals surface area (Å²) in [6, 6.07) is 0. The normalized spacial score (nSPS) is 18.2. The monoisotopic (exact) mass is 153 g/mol. The fourth-order valence-electron chi connectivity index (χ4n) is 0.781. The van der Waals surface area contributed by atoms with E-state index in [1.54, 1.807) is 0 Å². The van der Waals surface area contributed by atoms with Crippen molar-refractivity contribution in [1.29, 1.82) is 5.41 Å². The van der Waals surface area contributed by atoms with Crippen LogP contribution in [0.4, 0.5) is 0 Å². The first kappa shape index (κ1) is 7.46. The third-order valence-corrected chi connectivity index (χ3v) is 1.37. The van der Waals surface area contributed by atoms with Crippen molar-refractivity contribution < 1.29 is 9.59 Å². The van der Waals surface area contributed by atoms with Gasteiger partial charge >= 0.3 is 0 Å². The average Bonchev–Trinajstić information content (AvgIpc) is 1.96. The minimum Gasteiger partial charge on any atom is -0.394 e. The fourth-order valence-corrected chi connectivity index (χ4v) is 0.781. The van der Waals surface area contributed by atoms with Gasteiger partial charge in [0.05, 0.1) is 6.42 Å². The summed E-state index contributed by atoms with van der Waals surface area (Å²) in [4.78, 5) is 21.4. The van der Waals surface area contributed by atoms with Crippen molar-refractivity contribution in [3.63, 3.8) is 0 Å². The van der Waals surface area contributed by atoms with Gasteiger partial charge in [0, 0.05) is 11.8 Å². The van der Waals surface area contributed by atoms with Crippen LogP contribution in [0.1, 0.15) is 6.42 Å². The highest BCUT2D eigenvalue weighted by Gasteiger charge is 2.21. The molecule has 1 heterocycles. The number of nitrogens with one attached hydrogen (secondary N) is 2. The van der Waals surface area contributed by atoms with Gasteiger partial charge < -0.3 is 11.1 Å². The van der Waals surface area contributed by atoms with Crippen LogP contribution in [0.2, 0.25) is 0 Å². The van der Waals surface area contributed by atoms with Gasteiger partial charge in [-0.05, 0) is 0 Å². The zero-order chi connectivity index (χ0) is 8.43. The summed E-state index contributed by atoms with van der Waals surface area (Å²) in [5, 5.41) is 8.84. The lowest BCUT2D eigenvalue weighted by atomic mass is 10.1. The first-order chi connectivity index (χ1) is 5.15. The standard InChI is InChI=1S/C6H7N3O2/c7-2-3-1-4(10)9-6(11)5(3)8/h2,7H,1,8H2,(H,9,10,11). The predicted molar refractivity (Wildman–Crippen MR) is 37.8 cm³/mol. The molecule has 0 spiro atoms. The zero-order valence-corrected chi connectivity index (χ0v) is 5.68. The second kappa shape index (κ2) is 2.53. The van der Waals surface area contributed by atoms with Gasteiger partial charge in [-0.3, -0.25) is 14.9 Å². The molecule has 0 unspecified atom stereocenters. The molecule has 4 N–H and O–H groups in total. The molecule has 0 aliphatic carbocycles. The SMILES string of the molecule is N=CC1=C(N)C(=O)NC(=O)C1. The van der Waals surface area contributed by atoms with Gasteiger partial charge in [-0.2, -0.15) is 0 Å². The highest BCUT2D eigenvalue weighted by Crippen LogP contribution is 2.06. The summed E-state index contributed by atoms with van der Waals surface area (Å²) in [5.41, 5.74) is 5.49. The predicted octanol–water partition coefficient (Wildman–Crippen LogP) is -1.10. The molecule has 0 bridgehead atoms. The number of hydrogen-bond acceptors (Lipinski definition) is 4. The molecule has 5 heteroatoms. The maximum absolute atomic E-state index is 10.8. The molecule has 2 amide bonds. The molecular weight excluding hydrogens is 146 g/mol. The first-order valence-electron chi connectivity index (χ1n) is 2.98. The van der Waals surface area contributed by atoms with Crippen LogP contribution in [0.5, 0.6) is 0 Å². The van der Waals surface area contributed by atoms with E-state index < -0.39 is 11.8 Å². The second-order valence-electron chi connectivity index (χ2n) is 2.14. The van der Waals surface area contributed by atoms with Gasteiger partial charge in [-0.1, -0.05) is 0 Å². The van der Waals surface area contributed by atoms with Crippen molar-refractivity contribution in [2.75, 3.05) is 0 Å². The van der Waals surface area contributed by atoms with E-state index >= 15 is 0 Å². The van der Waals surface area contributed by atoms with E-state index in [0.717, 1.165) is 6.21 Å². The van der Waals surface area contributed by atoms with E-state index in [4.69, 9.17) is 11.1 Å². The fraction of sp³-hybridized carbons (Fsp3) is 0.167. The van der Waals surface area contributed by atoms with E-state index in [9.17, 15) is 9.59 Å². The maximum Gasteiger partial charge on any atom is 0.274 e. The van der Waals surface area contributed by atoms with E-state index in [1.807, 2.05) is 5.32 Å². The number of rotatable bonds is 1. The van der Waals surface area contributed by atoms with Crippen LogP contribution in [0.25, 0.3) is 0 Å². The molecule has 1 aliphatic heterocycles. The molecular formula is C6H7N3O2. The van der Waals surface area contributed by atoms with Crippen molar-refractivity contribution >= 4 is 18.0 Å². The zero-order valence-electron chi connectivity index (χ0n) is 5.68. The molecule has 0 aromatic heterocycles. The largest absolute Gasteiger partial charge is 0.394 e. The van der Waals surface area contributed by atoms with Gasteiger partial charge in [0.15, 0.2) is 0 Å². The van der Waals surface area contributed by atoms with Crippen molar-refractivity contribution in [2.24, 2.45) is 5.73 Å². The topological polar surface area (TPSA) is 96.0 Å². The molecule has 0 aromatic carbocycles. The third kappa shape index (κ3) is 1.26. The number of imide groups is 1. The maximum atomic E-state index is 10.8. The molecule has 5 nitrogen and oxygen atoms in total. The second-order valence-corrected chi connectivity index (χ2v) is 2.14. The third-order valence-electron chi connectivity index (χ3n) is 1.37. The molecule has 0 aromatic rings. The highest BCUT2D eigenvalue weighted by molar-refractivity contribution is 6.12. The number of amides is 2. The van der Waals surface area contributed by atoms with Gasteiger partial charge in [-0.15, -0.1) is 0 Å². The van der Waals surface area contributed by atoms with Gasteiger partial charge in [0.25, 0.3) is 5.91 Å². The van der Waals surface area contributed by atoms with Crippen LogP contribution in [0.15, 0.2) is 11.3 Å². The number of carbonyl (C=O) groups is 2. The van der Waals surface area contributed by atoms with Crippen LogP contribution in [-0.4, -0.2) is 18.0 Å². The summed E-state index contributed by atoms with van der Waals surface area (Å²) in [7, 11) is 0. The Morgan fingerprint density at radius 2 is 2.18 bits per heavy atom. The first-order valence-corrected chi connectivity index (χ1v) is 2.98. The quantitative estimate of drug-likeness (QED) is 0.329. The van der Waals surface area contributed by atoms with Crippen molar-refractivity contribution in [3.8, 4) is 0 Å². The molecule has 0 radical (unpaired) electrons. The summed E-state index contributed by atoms with van der Waals surface area (Å²) in [6.45, 7) is 0. The van der Waals surface area contributed by atoms with Gasteiger partial charge in [0.1, 0.15) is 5.70 Å². The summed E-state index contributed by atoms with van der Waals surface area (Å²) >= 11 is 0. The average molecular weight is 153 g/mol. The Morgan fingerprint density at radius 1 is 1.55 bits per heavy atom. The van der Waals surface area contributed by atoms with Crippen LogP contribution in [0.3, 0.4) is 0 Å². The lowest BCUT2D eigenvalue weighted by molar-refractivity contribution is -0.128. The van der Waals surface area contributed by atoms with Gasteiger partial charge in [0.2, 0.25) is 5.91 Å². The summed E-state index contributed by atoms with van der Waals surface area (Å²) in [5.74, 6) is -1.03. The van der Waals surface area contributed by atoms with Crippen LogP contribution < -0.4 is 11.1 Å². The number of nitrogens with two attached hydrogens (primary N) is 1. The molecule has 1 aliphatic rings. The molecule has 11 heavy (non-hydrogen) atoms. The summed E-state index contributed by atoms with van der Waals surface area (Å²) in [6.07, 6.45) is 0.938. The molecule has 58 valence electrons. The lowest BCUT2D eigenvalue weighted by Gasteiger charge is -2.12. The molecule has 1 rings (SSSR count). The lowest BCUT2D eigenvalue weighted by Crippen LogP contribution is -2.39. The van der Waals surface area contributed by atoms with Crippen molar-refractivity contribution in [1.82, 2.24) is 5.32 Å². The summed E-state index contributed by atoms with van der Waals surface area (Å²) < 4.78 is 0. The minimum atomic E-state index is -0.611. The molecule has 0 saturated heterocycles.